The molecule has 0 radical (unpaired) electrons. The molecule has 0 fully saturated rings. The Bertz CT molecular complexity index is 2430. The van der Waals surface area contributed by atoms with E-state index in [2.05, 4.69) is 76.2 Å². The molecule has 0 bridgehead atoms. The van der Waals surface area contributed by atoms with Crippen molar-refractivity contribution in [1.82, 2.24) is 0 Å². The second-order valence-electron chi connectivity index (χ2n) is 18.9. The maximum atomic E-state index is 12.4. The lowest BCUT2D eigenvalue weighted by Gasteiger charge is -2.29. The van der Waals surface area contributed by atoms with Crippen LogP contribution in [0.1, 0.15) is 121 Å². The monoisotopic (exact) mass is 822 g/mol. The topological polar surface area (TPSA) is 58.9 Å². The number of hydrogen-bond donors (Lipinski definition) is 2. The smallest absolute Gasteiger partial charge is 0.132 e. The maximum absolute atomic E-state index is 12.4. The molecule has 0 heterocycles. The van der Waals surface area contributed by atoms with Crippen molar-refractivity contribution in [2.75, 3.05) is 0 Å². The summed E-state index contributed by atoms with van der Waals surface area (Å²) in [5.74, 6) is 2.09. The molecule has 10 rings (SSSR count). The van der Waals surface area contributed by atoms with Crippen molar-refractivity contribution in [3.63, 3.8) is 0 Å². The standard InChI is InChI=1S/C58H62O4/c1-35-29-49(57(59)51(31-35)55-43-21-9-5-17-39(43)33-40-18-6-10-22-44(40)55)47-25-13-15-27-53(47)61-37(3)38(4)62-54-28-16-14-26-48(54)50-30-36(2)32-52(58(50)60)56-45-23-11-7-19-41(45)34-42-20-8-12-24-46(42)56/h13-16,25-34,37-38,59-60H,5-12,17-24H2,1-4H3/t37-,38?/m0/s1. The van der Waals surface area contributed by atoms with Crippen LogP contribution in [0, 0.1) is 13.8 Å². The molecule has 2 atom stereocenters. The van der Waals surface area contributed by atoms with Crippen molar-refractivity contribution in [2.24, 2.45) is 0 Å². The van der Waals surface area contributed by atoms with E-state index in [1.807, 2.05) is 36.4 Å². The van der Waals surface area contributed by atoms with Crippen LogP contribution in [0.2, 0.25) is 0 Å². The van der Waals surface area contributed by atoms with Gasteiger partial charge in [-0.2, -0.15) is 0 Å². The molecule has 0 aromatic heterocycles. The first-order valence-corrected chi connectivity index (χ1v) is 23.8. The van der Waals surface area contributed by atoms with E-state index >= 15 is 0 Å². The molecule has 4 heteroatoms. The molecule has 2 N–H and O–H groups in total. The summed E-state index contributed by atoms with van der Waals surface area (Å²) in [5.41, 5.74) is 21.8. The second kappa shape index (κ2) is 17.0. The van der Waals surface area contributed by atoms with Gasteiger partial charge in [0.15, 0.2) is 0 Å². The Morgan fingerprint density at radius 3 is 1.05 bits per heavy atom. The molecule has 6 aromatic carbocycles. The average Bonchev–Trinajstić information content (AvgIpc) is 3.29. The number of benzene rings is 6. The van der Waals surface area contributed by atoms with Gasteiger partial charge in [0.2, 0.25) is 0 Å². The Labute approximate surface area is 369 Å². The fourth-order valence-electron chi connectivity index (χ4n) is 11.5. The zero-order valence-corrected chi connectivity index (χ0v) is 37.3. The van der Waals surface area contributed by atoms with E-state index in [9.17, 15) is 10.2 Å². The summed E-state index contributed by atoms with van der Waals surface area (Å²) in [4.78, 5) is 0. The first kappa shape index (κ1) is 40.6. The van der Waals surface area contributed by atoms with Crippen LogP contribution in [0.5, 0.6) is 23.0 Å². The predicted molar refractivity (Wildman–Crippen MR) is 254 cm³/mol. The SMILES string of the molecule is Cc1cc(-c2ccccc2OC(C)[C@H](C)Oc2ccccc2-c2cc(C)cc(-c3c4c(cc5c3CCCC5)CCCC4)c2O)c(O)c(-c2c3c(cc4c2CCCC4)CCCC3)c1. The molecule has 4 aliphatic carbocycles. The highest BCUT2D eigenvalue weighted by Gasteiger charge is 2.29. The highest BCUT2D eigenvalue weighted by molar-refractivity contribution is 5.90. The fraction of sp³-hybridized carbons (Fsp3) is 0.379. The number of aryl methyl sites for hydroxylation is 6. The summed E-state index contributed by atoms with van der Waals surface area (Å²) in [5, 5.41) is 24.7. The second-order valence-corrected chi connectivity index (χ2v) is 18.9. The van der Waals surface area contributed by atoms with Gasteiger partial charge in [-0.25, -0.2) is 0 Å². The van der Waals surface area contributed by atoms with Gasteiger partial charge in [0.05, 0.1) is 0 Å². The van der Waals surface area contributed by atoms with Crippen molar-refractivity contribution >= 4 is 0 Å². The number of phenolic OH excluding ortho intramolecular Hbond substituents is 2. The Morgan fingerprint density at radius 2 is 0.694 bits per heavy atom. The number of aromatic hydroxyl groups is 2. The summed E-state index contributed by atoms with van der Waals surface area (Å²) < 4.78 is 13.7. The summed E-state index contributed by atoms with van der Waals surface area (Å²) in [6.45, 7) is 8.39. The van der Waals surface area contributed by atoms with Gasteiger partial charge in [-0.05, 0) is 234 Å². The molecule has 0 saturated heterocycles. The molecule has 318 valence electrons. The van der Waals surface area contributed by atoms with Gasteiger partial charge >= 0.3 is 0 Å². The van der Waals surface area contributed by atoms with Crippen LogP contribution in [0.25, 0.3) is 44.5 Å². The van der Waals surface area contributed by atoms with Gasteiger partial charge in [-0.3, -0.25) is 0 Å². The third-order valence-electron chi connectivity index (χ3n) is 14.6. The molecule has 62 heavy (non-hydrogen) atoms. The minimum atomic E-state index is -0.340. The molecular formula is C58H62O4. The zero-order valence-electron chi connectivity index (χ0n) is 37.3. The Hall–Kier alpha value is -5.48. The fourth-order valence-corrected chi connectivity index (χ4v) is 11.5. The van der Waals surface area contributed by atoms with Gasteiger partial charge in [-0.1, -0.05) is 48.5 Å². The van der Waals surface area contributed by atoms with Crippen LogP contribution in [0.15, 0.2) is 84.9 Å². The number of hydrogen-bond acceptors (Lipinski definition) is 4. The first-order chi connectivity index (χ1) is 30.2. The summed E-state index contributed by atoms with van der Waals surface area (Å²) in [6, 6.07) is 29.8. The number of ether oxygens (including phenoxy) is 2. The first-order valence-electron chi connectivity index (χ1n) is 23.8. The van der Waals surface area contributed by atoms with Gasteiger partial charge in [0, 0.05) is 33.4 Å². The molecule has 0 saturated carbocycles. The molecule has 0 aliphatic heterocycles. The summed E-state index contributed by atoms with van der Waals surface area (Å²) in [6.07, 6.45) is 17.8. The van der Waals surface area contributed by atoms with Crippen molar-refractivity contribution in [1.29, 1.82) is 0 Å². The van der Waals surface area contributed by atoms with Crippen LogP contribution in [-0.4, -0.2) is 22.4 Å². The van der Waals surface area contributed by atoms with E-state index in [1.165, 1.54) is 107 Å². The van der Waals surface area contributed by atoms with Gasteiger partial charge in [-0.15, -0.1) is 0 Å². The van der Waals surface area contributed by atoms with Crippen LogP contribution >= 0.6 is 0 Å². The van der Waals surface area contributed by atoms with Crippen molar-refractivity contribution in [2.45, 2.75) is 143 Å². The summed E-state index contributed by atoms with van der Waals surface area (Å²) >= 11 is 0. The molecule has 4 nitrogen and oxygen atoms in total. The predicted octanol–water partition coefficient (Wildman–Crippen LogP) is 14.1. The van der Waals surface area contributed by atoms with Crippen molar-refractivity contribution in [3.05, 3.63) is 141 Å². The molecule has 4 aliphatic rings. The zero-order chi connectivity index (χ0) is 42.5. The van der Waals surface area contributed by atoms with Gasteiger partial charge < -0.3 is 19.7 Å². The van der Waals surface area contributed by atoms with Crippen LogP contribution in [0.3, 0.4) is 0 Å². The minimum Gasteiger partial charge on any atom is -0.507 e. The lowest BCUT2D eigenvalue weighted by molar-refractivity contribution is 0.0787. The molecule has 6 aromatic rings. The van der Waals surface area contributed by atoms with Crippen molar-refractivity contribution in [3.8, 4) is 67.5 Å². The van der Waals surface area contributed by atoms with Crippen molar-refractivity contribution < 1.29 is 19.7 Å². The summed E-state index contributed by atoms with van der Waals surface area (Å²) in [7, 11) is 0. The molecular weight excluding hydrogens is 761 g/mol. The largest absolute Gasteiger partial charge is 0.507 e. The number of fused-ring (bicyclic) bond motifs is 4. The van der Waals surface area contributed by atoms with E-state index < -0.39 is 0 Å². The number of para-hydroxylation sites is 2. The Kier molecular flexibility index (Phi) is 11.1. The maximum Gasteiger partial charge on any atom is 0.132 e. The lowest BCUT2D eigenvalue weighted by atomic mass is 9.76. The van der Waals surface area contributed by atoms with E-state index in [-0.39, 0.29) is 12.2 Å². The Morgan fingerprint density at radius 1 is 0.387 bits per heavy atom. The van der Waals surface area contributed by atoms with Crippen LogP contribution in [-0.2, 0) is 51.4 Å². The van der Waals surface area contributed by atoms with E-state index in [0.29, 0.717) is 23.0 Å². The normalized spacial score (nSPS) is 16.6. The van der Waals surface area contributed by atoms with E-state index in [1.54, 1.807) is 0 Å². The number of phenols is 2. The molecule has 0 amide bonds. The highest BCUT2D eigenvalue weighted by atomic mass is 16.5. The molecule has 0 spiro atoms. The van der Waals surface area contributed by atoms with E-state index in [4.69, 9.17) is 9.47 Å². The third-order valence-corrected chi connectivity index (χ3v) is 14.6. The number of rotatable bonds is 9. The Balaban J connectivity index is 0.964. The highest BCUT2D eigenvalue weighted by Crippen LogP contribution is 2.50. The van der Waals surface area contributed by atoms with E-state index in [0.717, 1.165) is 95.9 Å². The van der Waals surface area contributed by atoms with Gasteiger partial charge in [0.25, 0.3) is 0 Å². The minimum absolute atomic E-state index is 0.332. The third kappa shape index (κ3) is 7.48. The molecule has 1 unspecified atom stereocenters. The van der Waals surface area contributed by atoms with Gasteiger partial charge in [0.1, 0.15) is 35.2 Å². The average molecular weight is 823 g/mol. The quantitative estimate of drug-likeness (QED) is 0.152. The van der Waals surface area contributed by atoms with Crippen LogP contribution in [0.4, 0.5) is 0 Å². The van der Waals surface area contributed by atoms with Crippen LogP contribution < -0.4 is 9.47 Å². The lowest BCUT2D eigenvalue weighted by Crippen LogP contribution is -2.31.